The molecule has 27 heavy (non-hydrogen) atoms. The molecule has 4 aromatic rings. The van der Waals surface area contributed by atoms with E-state index in [1.165, 1.54) is 11.6 Å². The number of aromatic nitrogens is 5. The number of aryl methyl sites for hydroxylation is 1. The fourth-order valence-electron chi connectivity index (χ4n) is 3.83. The Hall–Kier alpha value is -2.93. The first-order chi connectivity index (χ1) is 13.2. The lowest BCUT2D eigenvalue weighted by molar-refractivity contribution is 0.460. The highest BCUT2D eigenvalue weighted by atomic mass is 19.1. The number of benzene rings is 2. The second kappa shape index (κ2) is 6.35. The molecule has 0 radical (unpaired) electrons. The van der Waals surface area contributed by atoms with Crippen LogP contribution < -0.4 is 5.32 Å². The first-order valence-corrected chi connectivity index (χ1v) is 9.16. The van der Waals surface area contributed by atoms with Crippen molar-refractivity contribution in [2.75, 3.05) is 13.1 Å². The number of piperidine rings is 1. The first kappa shape index (κ1) is 16.3. The highest BCUT2D eigenvalue weighted by molar-refractivity contribution is 5.84. The van der Waals surface area contributed by atoms with Gasteiger partial charge in [-0.25, -0.2) is 9.37 Å². The summed E-state index contributed by atoms with van der Waals surface area (Å²) in [4.78, 5) is 4.61. The highest BCUT2D eigenvalue weighted by Gasteiger charge is 2.16. The molecular formula is C20H19FN6. The fraction of sp³-hybridized carbons (Fsp3) is 0.300. The van der Waals surface area contributed by atoms with E-state index in [9.17, 15) is 4.39 Å². The summed E-state index contributed by atoms with van der Waals surface area (Å²) in [5.41, 5.74) is 3.78. The summed E-state index contributed by atoms with van der Waals surface area (Å²) in [7, 11) is 1.77. The predicted molar refractivity (Wildman–Crippen MR) is 102 cm³/mol. The molecule has 2 aromatic carbocycles. The average Bonchev–Trinajstić information content (AvgIpc) is 3.09. The molecule has 0 unspecified atom stereocenters. The molecule has 2 aromatic heterocycles. The molecule has 1 fully saturated rings. The molecule has 1 saturated heterocycles. The molecule has 1 N–H and O–H groups in total. The van der Waals surface area contributed by atoms with Gasteiger partial charge in [0.25, 0.3) is 0 Å². The van der Waals surface area contributed by atoms with Crippen molar-refractivity contribution in [2.45, 2.75) is 18.8 Å². The summed E-state index contributed by atoms with van der Waals surface area (Å²) in [6.45, 7) is 2.10. The quantitative estimate of drug-likeness (QED) is 0.593. The molecule has 1 aliphatic rings. The van der Waals surface area contributed by atoms with E-state index in [0.717, 1.165) is 42.4 Å². The number of hydrogen-bond donors (Lipinski definition) is 1. The minimum atomic E-state index is -0.381. The van der Waals surface area contributed by atoms with E-state index in [0.29, 0.717) is 22.8 Å². The van der Waals surface area contributed by atoms with Gasteiger partial charge in [0.1, 0.15) is 11.0 Å². The van der Waals surface area contributed by atoms with Crippen molar-refractivity contribution < 1.29 is 4.39 Å². The Labute approximate surface area is 155 Å². The summed E-state index contributed by atoms with van der Waals surface area (Å²) in [5.74, 6) is 0.592. The van der Waals surface area contributed by atoms with E-state index in [4.69, 9.17) is 0 Å². The van der Waals surface area contributed by atoms with Crippen LogP contribution in [0.25, 0.3) is 33.3 Å². The molecule has 1 aliphatic heterocycles. The van der Waals surface area contributed by atoms with Crippen molar-refractivity contribution in [3.05, 3.63) is 47.9 Å². The molecule has 7 heteroatoms. The van der Waals surface area contributed by atoms with Crippen LogP contribution in [0.2, 0.25) is 0 Å². The van der Waals surface area contributed by atoms with E-state index in [-0.39, 0.29) is 5.82 Å². The van der Waals surface area contributed by atoms with Crippen molar-refractivity contribution >= 4 is 21.9 Å². The normalized spacial score (nSPS) is 15.6. The van der Waals surface area contributed by atoms with Gasteiger partial charge in [-0.1, -0.05) is 6.07 Å². The van der Waals surface area contributed by atoms with E-state index in [1.807, 2.05) is 12.1 Å². The van der Waals surface area contributed by atoms with Crippen LogP contribution in [0, 0.1) is 5.82 Å². The summed E-state index contributed by atoms with van der Waals surface area (Å²) in [5, 5.41) is 16.8. The lowest BCUT2D eigenvalue weighted by Gasteiger charge is -2.23. The zero-order chi connectivity index (χ0) is 18.4. The van der Waals surface area contributed by atoms with E-state index < -0.39 is 0 Å². The smallest absolute Gasteiger partial charge is 0.182 e. The maximum absolute atomic E-state index is 14.4. The van der Waals surface area contributed by atoms with Crippen LogP contribution in [0.3, 0.4) is 0 Å². The molecule has 5 rings (SSSR count). The zero-order valence-corrected chi connectivity index (χ0v) is 15.0. The Balaban J connectivity index is 1.54. The zero-order valence-electron chi connectivity index (χ0n) is 15.0. The van der Waals surface area contributed by atoms with Gasteiger partial charge in [-0.3, -0.25) is 4.68 Å². The van der Waals surface area contributed by atoms with Gasteiger partial charge in [0.05, 0.1) is 5.52 Å². The Kier molecular flexibility index (Phi) is 3.82. The van der Waals surface area contributed by atoms with E-state index in [1.54, 1.807) is 17.9 Å². The summed E-state index contributed by atoms with van der Waals surface area (Å²) in [6, 6.07) is 9.46. The maximum atomic E-state index is 14.4. The van der Waals surface area contributed by atoms with Crippen LogP contribution in [0.15, 0.2) is 36.5 Å². The van der Waals surface area contributed by atoms with Crippen LogP contribution in [0.1, 0.15) is 24.3 Å². The van der Waals surface area contributed by atoms with Gasteiger partial charge in [-0.05, 0) is 61.7 Å². The largest absolute Gasteiger partial charge is 0.317 e. The number of nitrogens with one attached hydrogen (secondary N) is 1. The third-order valence-electron chi connectivity index (χ3n) is 5.22. The van der Waals surface area contributed by atoms with E-state index >= 15 is 0 Å². The standard InChI is InChI=1S/C20H19FN6/c1-27-11-15-8-14(9-16(21)19(15)26-27)20-23-17-3-2-13(10-18(17)24-25-20)12-4-6-22-7-5-12/h2-3,8-12,22H,4-7H2,1H3. The third-order valence-corrected chi connectivity index (χ3v) is 5.22. The minimum Gasteiger partial charge on any atom is -0.317 e. The van der Waals surface area contributed by atoms with Gasteiger partial charge in [0.15, 0.2) is 11.6 Å². The minimum absolute atomic E-state index is 0.349. The molecule has 0 atom stereocenters. The van der Waals surface area contributed by atoms with Gasteiger partial charge >= 0.3 is 0 Å². The lowest BCUT2D eigenvalue weighted by atomic mass is 9.90. The Morgan fingerprint density at radius 1 is 1.07 bits per heavy atom. The second-order valence-electron chi connectivity index (χ2n) is 7.11. The molecule has 0 amide bonds. The predicted octanol–water partition coefficient (Wildman–Crippen LogP) is 3.18. The van der Waals surface area contributed by atoms with Crippen molar-refractivity contribution in [2.24, 2.45) is 7.05 Å². The van der Waals surface area contributed by atoms with Crippen LogP contribution in [0.5, 0.6) is 0 Å². The van der Waals surface area contributed by atoms with Gasteiger partial charge in [-0.15, -0.1) is 10.2 Å². The van der Waals surface area contributed by atoms with Crippen molar-refractivity contribution in [1.82, 2.24) is 30.3 Å². The summed E-state index contributed by atoms with van der Waals surface area (Å²) < 4.78 is 16.0. The van der Waals surface area contributed by atoms with E-state index in [2.05, 4.69) is 37.7 Å². The molecule has 0 aliphatic carbocycles. The molecular weight excluding hydrogens is 343 g/mol. The van der Waals surface area contributed by atoms with Crippen LogP contribution in [0.4, 0.5) is 4.39 Å². The van der Waals surface area contributed by atoms with Gasteiger partial charge in [-0.2, -0.15) is 5.10 Å². The van der Waals surface area contributed by atoms with Crippen LogP contribution in [-0.4, -0.2) is 38.1 Å². The lowest BCUT2D eigenvalue weighted by Crippen LogP contribution is -2.26. The number of nitrogens with zero attached hydrogens (tertiary/aromatic N) is 5. The first-order valence-electron chi connectivity index (χ1n) is 9.16. The molecule has 0 bridgehead atoms. The highest BCUT2D eigenvalue weighted by Crippen LogP contribution is 2.28. The third kappa shape index (κ3) is 2.94. The van der Waals surface area contributed by atoms with Gasteiger partial charge in [0.2, 0.25) is 0 Å². The number of hydrogen-bond acceptors (Lipinski definition) is 5. The number of rotatable bonds is 2. The van der Waals surface area contributed by atoms with Crippen molar-refractivity contribution in [1.29, 1.82) is 0 Å². The Morgan fingerprint density at radius 3 is 2.78 bits per heavy atom. The summed E-state index contributed by atoms with van der Waals surface area (Å²) in [6.07, 6.45) is 4.05. The molecule has 136 valence electrons. The van der Waals surface area contributed by atoms with Crippen LogP contribution in [-0.2, 0) is 7.05 Å². The monoisotopic (exact) mass is 362 g/mol. The van der Waals surface area contributed by atoms with Crippen molar-refractivity contribution in [3.8, 4) is 11.4 Å². The second-order valence-corrected chi connectivity index (χ2v) is 7.11. The number of fused-ring (bicyclic) bond motifs is 2. The molecule has 6 nitrogen and oxygen atoms in total. The van der Waals surface area contributed by atoms with Crippen LogP contribution >= 0.6 is 0 Å². The average molecular weight is 362 g/mol. The Bertz CT molecular complexity index is 1150. The molecule has 0 saturated carbocycles. The fourth-order valence-corrected chi connectivity index (χ4v) is 3.83. The van der Waals surface area contributed by atoms with Gasteiger partial charge in [0, 0.05) is 24.2 Å². The number of halogens is 1. The SMILES string of the molecule is Cn1cc2cc(-c3nnc4cc(C5CCNCC5)ccc4n3)cc(F)c2n1. The Morgan fingerprint density at radius 2 is 1.93 bits per heavy atom. The van der Waals surface area contributed by atoms with Gasteiger partial charge < -0.3 is 5.32 Å². The maximum Gasteiger partial charge on any atom is 0.182 e. The topological polar surface area (TPSA) is 68.5 Å². The summed E-state index contributed by atoms with van der Waals surface area (Å²) >= 11 is 0. The molecule has 0 spiro atoms. The van der Waals surface area contributed by atoms with Crippen molar-refractivity contribution in [3.63, 3.8) is 0 Å². The molecule has 3 heterocycles.